The Morgan fingerprint density at radius 1 is 1.13 bits per heavy atom. The Balaban J connectivity index is 1.70. The molecule has 0 unspecified atom stereocenters. The van der Waals surface area contributed by atoms with Gasteiger partial charge in [0.2, 0.25) is 0 Å². The van der Waals surface area contributed by atoms with Crippen LogP contribution in [0.2, 0.25) is 0 Å². The summed E-state index contributed by atoms with van der Waals surface area (Å²) >= 11 is 0. The van der Waals surface area contributed by atoms with Crippen molar-refractivity contribution in [2.75, 3.05) is 18.0 Å². The van der Waals surface area contributed by atoms with Gasteiger partial charge in [-0.1, -0.05) is 13.8 Å². The van der Waals surface area contributed by atoms with E-state index >= 15 is 0 Å². The van der Waals surface area contributed by atoms with Crippen molar-refractivity contribution in [2.24, 2.45) is 0 Å². The van der Waals surface area contributed by atoms with E-state index in [1.807, 2.05) is 4.52 Å². The second-order valence-electron chi connectivity index (χ2n) is 9.27. The summed E-state index contributed by atoms with van der Waals surface area (Å²) in [6.07, 6.45) is 3.70. The highest BCUT2D eigenvalue weighted by Crippen LogP contribution is 2.38. The van der Waals surface area contributed by atoms with E-state index in [9.17, 15) is 0 Å². The molecule has 31 heavy (non-hydrogen) atoms. The molecular formula is C24H31N7. The van der Waals surface area contributed by atoms with Gasteiger partial charge in [-0.05, 0) is 56.9 Å². The summed E-state index contributed by atoms with van der Waals surface area (Å²) in [5.41, 5.74) is 8.97. The Labute approximate surface area is 182 Å². The lowest BCUT2D eigenvalue weighted by Crippen LogP contribution is -2.54. The van der Waals surface area contributed by atoms with Crippen molar-refractivity contribution < 1.29 is 0 Å². The van der Waals surface area contributed by atoms with Crippen LogP contribution in [0.1, 0.15) is 50.3 Å². The third-order valence-corrected chi connectivity index (χ3v) is 6.70. The molecular weight excluding hydrogens is 386 g/mol. The number of H-pyrrole nitrogens is 1. The van der Waals surface area contributed by atoms with Crippen molar-refractivity contribution in [2.45, 2.75) is 59.5 Å². The van der Waals surface area contributed by atoms with E-state index in [1.54, 1.807) is 6.33 Å². The van der Waals surface area contributed by atoms with Crippen LogP contribution < -0.4 is 10.2 Å². The molecule has 162 valence electrons. The highest BCUT2D eigenvalue weighted by molar-refractivity contribution is 5.90. The van der Waals surface area contributed by atoms with Crippen LogP contribution in [0.4, 0.5) is 5.82 Å². The molecule has 0 spiro atoms. The summed E-state index contributed by atoms with van der Waals surface area (Å²) in [6.45, 7) is 15.2. The second-order valence-corrected chi connectivity index (χ2v) is 9.27. The minimum absolute atomic E-state index is 0.331. The number of nitrogens with one attached hydrogen (secondary N) is 2. The van der Waals surface area contributed by atoms with Gasteiger partial charge in [0.05, 0.1) is 16.7 Å². The van der Waals surface area contributed by atoms with Crippen molar-refractivity contribution >= 4 is 22.5 Å². The summed E-state index contributed by atoms with van der Waals surface area (Å²) in [6, 6.07) is 5.21. The number of hydrogen-bond acceptors (Lipinski definition) is 5. The molecule has 0 aliphatic carbocycles. The van der Waals surface area contributed by atoms with Crippen molar-refractivity contribution in [1.29, 1.82) is 0 Å². The van der Waals surface area contributed by atoms with Crippen LogP contribution in [0.3, 0.4) is 0 Å². The van der Waals surface area contributed by atoms with Crippen LogP contribution in [-0.2, 0) is 0 Å². The number of aromatic amines is 1. The van der Waals surface area contributed by atoms with Crippen LogP contribution in [0.25, 0.3) is 27.9 Å². The normalized spacial score (nSPS) is 19.8. The maximum Gasteiger partial charge on any atom is 0.158 e. The van der Waals surface area contributed by atoms with E-state index in [0.29, 0.717) is 18.0 Å². The first-order valence-electron chi connectivity index (χ1n) is 11.2. The fraction of sp³-hybridized carbons (Fsp3) is 0.458. The Kier molecular flexibility index (Phi) is 4.73. The monoisotopic (exact) mass is 417 g/mol. The topological polar surface area (TPSA) is 74.1 Å². The summed E-state index contributed by atoms with van der Waals surface area (Å²) in [4.78, 5) is 15.7. The first kappa shape index (κ1) is 20.0. The average molecular weight is 418 g/mol. The van der Waals surface area contributed by atoms with E-state index < -0.39 is 0 Å². The number of hydrogen-bond donors (Lipinski definition) is 2. The summed E-state index contributed by atoms with van der Waals surface area (Å²) in [7, 11) is 0. The maximum atomic E-state index is 5.19. The molecule has 4 aromatic rings. The van der Waals surface area contributed by atoms with Gasteiger partial charge < -0.3 is 15.2 Å². The second kappa shape index (κ2) is 7.34. The number of aromatic nitrogens is 5. The van der Waals surface area contributed by atoms with E-state index in [2.05, 4.69) is 85.2 Å². The Morgan fingerprint density at radius 3 is 2.71 bits per heavy atom. The predicted molar refractivity (Wildman–Crippen MR) is 126 cm³/mol. The zero-order valence-electron chi connectivity index (χ0n) is 19.2. The molecule has 5 heterocycles. The fourth-order valence-corrected chi connectivity index (χ4v) is 4.80. The SMILES string of the molecule is Cc1c(-c2[nH]c3ccc(N4C[C@@H](C)NC[C@@H]4C)nc3c2C(C)C)cn2ncnc2c1C. The minimum atomic E-state index is 0.331. The quantitative estimate of drug-likeness (QED) is 0.523. The van der Waals surface area contributed by atoms with Gasteiger partial charge in [-0.25, -0.2) is 14.5 Å². The molecule has 4 aromatic heterocycles. The molecule has 0 bridgehead atoms. The molecule has 1 aliphatic rings. The van der Waals surface area contributed by atoms with Crippen molar-refractivity contribution in [1.82, 2.24) is 29.9 Å². The molecule has 0 aromatic carbocycles. The van der Waals surface area contributed by atoms with Crippen LogP contribution >= 0.6 is 0 Å². The fourth-order valence-electron chi connectivity index (χ4n) is 4.80. The van der Waals surface area contributed by atoms with Crippen molar-refractivity contribution in [3.63, 3.8) is 0 Å². The van der Waals surface area contributed by atoms with Gasteiger partial charge in [0.1, 0.15) is 12.1 Å². The molecule has 2 atom stereocenters. The van der Waals surface area contributed by atoms with Gasteiger partial charge in [-0.2, -0.15) is 5.10 Å². The Morgan fingerprint density at radius 2 is 1.94 bits per heavy atom. The Bertz CT molecular complexity index is 1270. The molecule has 0 radical (unpaired) electrons. The zero-order chi connectivity index (χ0) is 21.9. The summed E-state index contributed by atoms with van der Waals surface area (Å²) in [5, 5.41) is 7.95. The summed E-state index contributed by atoms with van der Waals surface area (Å²) < 4.78 is 1.87. The molecule has 7 nitrogen and oxygen atoms in total. The molecule has 5 rings (SSSR count). The molecule has 1 aliphatic heterocycles. The lowest BCUT2D eigenvalue weighted by atomic mass is 9.95. The number of fused-ring (bicyclic) bond motifs is 2. The van der Waals surface area contributed by atoms with E-state index in [0.717, 1.165) is 52.4 Å². The molecule has 1 saturated heterocycles. The molecule has 0 amide bonds. The van der Waals surface area contributed by atoms with E-state index in [4.69, 9.17) is 4.98 Å². The van der Waals surface area contributed by atoms with Gasteiger partial charge in [-0.15, -0.1) is 0 Å². The van der Waals surface area contributed by atoms with Crippen LogP contribution in [0.15, 0.2) is 24.7 Å². The number of rotatable bonds is 3. The minimum Gasteiger partial charge on any atom is -0.353 e. The van der Waals surface area contributed by atoms with Crippen LogP contribution in [0, 0.1) is 13.8 Å². The standard InChI is InChI=1S/C24H31N7/c1-13(2)21-22(18-11-31-24(26-12-27-31)17(6)16(18)5)28-19-7-8-20(29-23(19)21)30-10-14(3)25-9-15(30)4/h7-8,11-15,25,28H,9-10H2,1-6H3/t14-,15+/m1/s1. The number of piperazine rings is 1. The van der Waals surface area contributed by atoms with Gasteiger partial charge in [0.15, 0.2) is 5.65 Å². The Hall–Kier alpha value is -2.93. The predicted octanol–water partition coefficient (Wildman–Crippen LogP) is 4.20. The highest BCUT2D eigenvalue weighted by Gasteiger charge is 2.26. The van der Waals surface area contributed by atoms with Gasteiger partial charge in [-0.3, -0.25) is 0 Å². The maximum absolute atomic E-state index is 5.19. The van der Waals surface area contributed by atoms with Crippen LogP contribution in [-0.4, -0.2) is 49.7 Å². The lowest BCUT2D eigenvalue weighted by molar-refractivity contribution is 0.423. The summed E-state index contributed by atoms with van der Waals surface area (Å²) in [5.74, 6) is 1.39. The number of pyridine rings is 2. The van der Waals surface area contributed by atoms with Crippen molar-refractivity contribution in [3.05, 3.63) is 41.3 Å². The first-order valence-corrected chi connectivity index (χ1v) is 11.2. The average Bonchev–Trinajstić information content (AvgIpc) is 3.36. The third-order valence-electron chi connectivity index (χ3n) is 6.70. The van der Waals surface area contributed by atoms with E-state index in [1.165, 1.54) is 11.1 Å². The van der Waals surface area contributed by atoms with Gasteiger partial charge >= 0.3 is 0 Å². The lowest BCUT2D eigenvalue weighted by Gasteiger charge is -2.38. The van der Waals surface area contributed by atoms with Crippen molar-refractivity contribution in [3.8, 4) is 11.3 Å². The molecule has 2 N–H and O–H groups in total. The zero-order valence-corrected chi connectivity index (χ0v) is 19.2. The van der Waals surface area contributed by atoms with Gasteiger partial charge in [0, 0.05) is 42.5 Å². The number of anilines is 1. The smallest absolute Gasteiger partial charge is 0.158 e. The van der Waals surface area contributed by atoms with E-state index in [-0.39, 0.29) is 0 Å². The number of nitrogens with zero attached hydrogens (tertiary/aromatic N) is 5. The largest absolute Gasteiger partial charge is 0.353 e. The molecule has 0 saturated carbocycles. The number of aryl methyl sites for hydroxylation is 1. The van der Waals surface area contributed by atoms with Crippen LogP contribution in [0.5, 0.6) is 0 Å². The highest BCUT2D eigenvalue weighted by atomic mass is 15.3. The molecule has 1 fully saturated rings. The van der Waals surface area contributed by atoms with Gasteiger partial charge in [0.25, 0.3) is 0 Å². The molecule has 7 heteroatoms. The first-order chi connectivity index (χ1) is 14.8. The third kappa shape index (κ3) is 3.19.